The molecule has 0 radical (unpaired) electrons. The average Bonchev–Trinajstić information content (AvgIpc) is 3.03. The number of methoxy groups -OCH3 is 1. The number of carbonyl (C=O) groups excluding carboxylic acids is 3. The predicted molar refractivity (Wildman–Crippen MR) is 114 cm³/mol. The maximum atomic E-state index is 12.8. The fourth-order valence-electron chi connectivity index (χ4n) is 4.27. The Balaban J connectivity index is 1.88. The van der Waals surface area contributed by atoms with Crippen LogP contribution in [0.3, 0.4) is 0 Å². The zero-order valence-corrected chi connectivity index (χ0v) is 18.6. The zero-order chi connectivity index (χ0) is 22.8. The van der Waals surface area contributed by atoms with Crippen molar-refractivity contribution in [2.45, 2.75) is 43.2 Å². The number of ether oxygens (including phenoxy) is 1. The summed E-state index contributed by atoms with van der Waals surface area (Å²) in [4.78, 5) is 38.4. The highest BCUT2D eigenvalue weighted by atomic mass is 32.2. The smallest absolute Gasteiger partial charge is 0.336 e. The van der Waals surface area contributed by atoms with Gasteiger partial charge in [0.1, 0.15) is 0 Å². The molecule has 2 N–H and O–H groups in total. The molecule has 0 aromatic heterocycles. The van der Waals surface area contributed by atoms with E-state index in [0.717, 1.165) is 23.8 Å². The molecule has 3 rings (SSSR count). The minimum atomic E-state index is -3.33. The van der Waals surface area contributed by atoms with Gasteiger partial charge in [0.25, 0.3) is 0 Å². The Morgan fingerprint density at radius 3 is 2.32 bits per heavy atom. The Kier molecular flexibility index (Phi) is 6.68. The van der Waals surface area contributed by atoms with Crippen LogP contribution in [0.2, 0.25) is 0 Å². The summed E-state index contributed by atoms with van der Waals surface area (Å²) in [6.07, 6.45) is 3.00. The van der Waals surface area contributed by atoms with E-state index < -0.39 is 21.8 Å². The summed E-state index contributed by atoms with van der Waals surface area (Å²) in [5, 5.41) is 5.42. The van der Waals surface area contributed by atoms with Crippen molar-refractivity contribution in [3.63, 3.8) is 0 Å². The molecule has 9 nitrogen and oxygen atoms in total. The number of carbonyl (C=O) groups is 3. The summed E-state index contributed by atoms with van der Waals surface area (Å²) in [6, 6.07) is 5.64. The first-order chi connectivity index (χ1) is 14.6. The summed E-state index contributed by atoms with van der Waals surface area (Å²) in [7, 11) is -2.02. The maximum Gasteiger partial charge on any atom is 0.336 e. The number of hydrogen-bond donors (Lipinski definition) is 2. The monoisotopic (exact) mass is 449 g/mol. The van der Waals surface area contributed by atoms with Crippen LogP contribution in [0.4, 0.5) is 4.79 Å². The Labute approximate surface area is 181 Å². The predicted octanol–water partition coefficient (Wildman–Crippen LogP) is 1.10. The summed E-state index contributed by atoms with van der Waals surface area (Å²) < 4.78 is 28.5. The summed E-state index contributed by atoms with van der Waals surface area (Å²) >= 11 is 0. The number of rotatable bonds is 6. The number of sulfone groups is 1. The van der Waals surface area contributed by atoms with Gasteiger partial charge in [0, 0.05) is 32.3 Å². The molecule has 0 spiro atoms. The molecular formula is C21H27N3O6S. The van der Waals surface area contributed by atoms with E-state index in [0.29, 0.717) is 25.0 Å². The van der Waals surface area contributed by atoms with Crippen molar-refractivity contribution in [1.82, 2.24) is 15.5 Å². The molecule has 2 bridgehead atoms. The fraction of sp³-hybridized carbons (Fsp3) is 0.476. The second-order valence-corrected chi connectivity index (χ2v) is 9.77. The third-order valence-corrected chi connectivity index (χ3v) is 6.77. The van der Waals surface area contributed by atoms with E-state index in [2.05, 4.69) is 10.6 Å². The quantitative estimate of drug-likeness (QED) is 0.495. The number of fused-ring (bicyclic) bond motifs is 2. The van der Waals surface area contributed by atoms with Crippen molar-refractivity contribution in [3.05, 3.63) is 35.4 Å². The summed E-state index contributed by atoms with van der Waals surface area (Å²) in [6.45, 7) is 2.01. The van der Waals surface area contributed by atoms with Crippen molar-refractivity contribution in [3.8, 4) is 0 Å². The highest BCUT2D eigenvalue weighted by molar-refractivity contribution is 7.90. The molecule has 0 unspecified atom stereocenters. The molecule has 2 heterocycles. The Morgan fingerprint density at radius 1 is 1.10 bits per heavy atom. The lowest BCUT2D eigenvalue weighted by atomic mass is 9.88. The minimum Gasteiger partial charge on any atom is -0.466 e. The molecule has 2 atom stereocenters. The summed E-state index contributed by atoms with van der Waals surface area (Å²) in [5.41, 5.74) is 1.96. The molecule has 1 fully saturated rings. The normalized spacial score (nSPS) is 20.4. The minimum absolute atomic E-state index is 0.0799. The number of benzene rings is 1. The molecule has 0 aliphatic carbocycles. The molecule has 168 valence electrons. The molecule has 0 saturated carbocycles. The molecule has 1 saturated heterocycles. The van der Waals surface area contributed by atoms with Crippen molar-refractivity contribution < 1.29 is 27.5 Å². The second-order valence-electron chi connectivity index (χ2n) is 7.75. The van der Waals surface area contributed by atoms with Crippen LogP contribution < -0.4 is 10.6 Å². The first-order valence-electron chi connectivity index (χ1n) is 10.1. The average molecular weight is 450 g/mol. The SMILES string of the molecule is COC(=O)C1=C(c2ccc(S(C)(=O)=O)cc2)C[C@@H]2CC[C@H]1N2C(=O)NCCNC(C)=O. The van der Waals surface area contributed by atoms with Gasteiger partial charge in [-0.25, -0.2) is 18.0 Å². The Bertz CT molecular complexity index is 1020. The third kappa shape index (κ3) is 4.90. The van der Waals surface area contributed by atoms with Gasteiger partial charge in [0.2, 0.25) is 5.91 Å². The molecule has 2 aliphatic heterocycles. The highest BCUT2D eigenvalue weighted by Gasteiger charge is 2.46. The van der Waals surface area contributed by atoms with Crippen LogP contribution in [-0.4, -0.2) is 69.8 Å². The molecule has 10 heteroatoms. The standard InChI is InChI=1S/C21H27N3O6S/c1-13(25)22-10-11-23-21(27)24-15-6-9-18(24)19(20(26)30-2)17(12-15)14-4-7-16(8-5-14)31(3,28)29/h4-5,7-8,15,18H,6,9-12H2,1-3H3,(H,22,25)(H,23,27)/t15-,18+/m0/s1. The first kappa shape index (κ1) is 22.8. The van der Waals surface area contributed by atoms with Gasteiger partial charge >= 0.3 is 12.0 Å². The molecular weight excluding hydrogens is 422 g/mol. The van der Waals surface area contributed by atoms with Gasteiger partial charge in [0.05, 0.1) is 23.6 Å². The van der Waals surface area contributed by atoms with Crippen LogP contribution in [-0.2, 0) is 24.2 Å². The van der Waals surface area contributed by atoms with Crippen molar-refractivity contribution in [1.29, 1.82) is 0 Å². The van der Waals surface area contributed by atoms with Gasteiger partial charge in [-0.05, 0) is 42.5 Å². The van der Waals surface area contributed by atoms with Crippen LogP contribution >= 0.6 is 0 Å². The fourth-order valence-corrected chi connectivity index (χ4v) is 4.90. The Morgan fingerprint density at radius 2 is 1.74 bits per heavy atom. The van der Waals surface area contributed by atoms with Gasteiger partial charge in [0.15, 0.2) is 9.84 Å². The van der Waals surface area contributed by atoms with Crippen molar-refractivity contribution >= 4 is 33.3 Å². The Hall–Kier alpha value is -2.88. The molecule has 2 aliphatic rings. The van der Waals surface area contributed by atoms with Crippen LogP contribution in [0.5, 0.6) is 0 Å². The van der Waals surface area contributed by atoms with Crippen molar-refractivity contribution in [2.75, 3.05) is 26.5 Å². The highest BCUT2D eigenvalue weighted by Crippen LogP contribution is 2.43. The van der Waals surface area contributed by atoms with Crippen LogP contribution in [0.1, 0.15) is 31.7 Å². The third-order valence-electron chi connectivity index (χ3n) is 5.65. The van der Waals surface area contributed by atoms with E-state index in [1.54, 1.807) is 17.0 Å². The number of hydrogen-bond acceptors (Lipinski definition) is 6. The lowest BCUT2D eigenvalue weighted by Crippen LogP contribution is -2.51. The number of nitrogens with zero attached hydrogens (tertiary/aromatic N) is 1. The van der Waals surface area contributed by atoms with Gasteiger partial charge in [-0.3, -0.25) is 4.79 Å². The lowest BCUT2D eigenvalue weighted by Gasteiger charge is -2.37. The number of nitrogens with one attached hydrogen (secondary N) is 2. The van der Waals surface area contributed by atoms with Gasteiger partial charge in [-0.15, -0.1) is 0 Å². The van der Waals surface area contributed by atoms with Gasteiger partial charge in [-0.2, -0.15) is 0 Å². The number of urea groups is 1. The van der Waals surface area contributed by atoms with Crippen LogP contribution in [0, 0.1) is 0 Å². The van der Waals surface area contributed by atoms with E-state index in [4.69, 9.17) is 4.74 Å². The molecule has 3 amide bonds. The van der Waals surface area contributed by atoms with Crippen LogP contribution in [0.25, 0.3) is 5.57 Å². The molecule has 31 heavy (non-hydrogen) atoms. The first-order valence-corrected chi connectivity index (χ1v) is 11.9. The summed E-state index contributed by atoms with van der Waals surface area (Å²) in [5.74, 6) is -0.668. The van der Waals surface area contributed by atoms with E-state index >= 15 is 0 Å². The van der Waals surface area contributed by atoms with Crippen LogP contribution in [0.15, 0.2) is 34.7 Å². The van der Waals surface area contributed by atoms with E-state index in [1.165, 1.54) is 26.2 Å². The largest absolute Gasteiger partial charge is 0.466 e. The second kappa shape index (κ2) is 9.09. The number of amides is 3. The van der Waals surface area contributed by atoms with E-state index in [1.807, 2.05) is 0 Å². The van der Waals surface area contributed by atoms with Crippen molar-refractivity contribution in [2.24, 2.45) is 0 Å². The topological polar surface area (TPSA) is 122 Å². The number of esters is 1. The molecule has 1 aromatic rings. The van der Waals surface area contributed by atoms with E-state index in [9.17, 15) is 22.8 Å². The zero-order valence-electron chi connectivity index (χ0n) is 17.8. The van der Waals surface area contributed by atoms with E-state index in [-0.39, 0.29) is 29.4 Å². The molecule has 1 aromatic carbocycles. The maximum absolute atomic E-state index is 12.8. The van der Waals surface area contributed by atoms with Gasteiger partial charge in [-0.1, -0.05) is 12.1 Å². The lowest BCUT2D eigenvalue weighted by molar-refractivity contribution is -0.136. The van der Waals surface area contributed by atoms with Gasteiger partial charge < -0.3 is 20.3 Å².